The van der Waals surface area contributed by atoms with Gasteiger partial charge in [-0.1, -0.05) is 6.58 Å². The quantitative estimate of drug-likeness (QED) is 0.426. The van der Waals surface area contributed by atoms with Gasteiger partial charge in [-0.3, -0.25) is 5.84 Å². The van der Waals surface area contributed by atoms with Crippen molar-refractivity contribution >= 4 is 28.7 Å². The highest BCUT2D eigenvalue weighted by Gasteiger charge is 2.16. The number of aromatic carboxylic acids is 1. The minimum atomic E-state index is -1.09. The standard InChI is InChI=1S/C15H17N5O2/c1-7-3-9(4-11(15(21)22)14(7)20-18)8(2)10-5-13(17)19-6-12(10)16/h3-6,20H,2,16,18H2,1H3,(H2,17,19)(H,21,22). The lowest BCUT2D eigenvalue weighted by Crippen LogP contribution is -2.14. The molecule has 7 nitrogen and oxygen atoms in total. The van der Waals surface area contributed by atoms with Crippen molar-refractivity contribution in [2.75, 3.05) is 16.9 Å². The van der Waals surface area contributed by atoms with E-state index in [1.54, 1.807) is 19.1 Å². The molecular weight excluding hydrogens is 282 g/mol. The molecule has 0 aliphatic heterocycles. The molecule has 1 aromatic carbocycles. The number of pyridine rings is 1. The van der Waals surface area contributed by atoms with E-state index in [4.69, 9.17) is 17.3 Å². The van der Waals surface area contributed by atoms with Gasteiger partial charge in [0, 0.05) is 5.56 Å². The Kier molecular flexibility index (Phi) is 4.00. The highest BCUT2D eigenvalue weighted by molar-refractivity contribution is 5.97. The zero-order valence-corrected chi connectivity index (χ0v) is 12.1. The van der Waals surface area contributed by atoms with Crippen molar-refractivity contribution in [1.29, 1.82) is 0 Å². The Balaban J connectivity index is 2.60. The summed E-state index contributed by atoms with van der Waals surface area (Å²) in [5.41, 5.74) is 17.2. The first-order chi connectivity index (χ1) is 10.3. The normalized spacial score (nSPS) is 10.3. The van der Waals surface area contributed by atoms with Gasteiger partial charge in [0.05, 0.1) is 23.1 Å². The number of rotatable bonds is 4. The number of nitrogens with one attached hydrogen (secondary N) is 1. The monoisotopic (exact) mass is 299 g/mol. The van der Waals surface area contributed by atoms with Crippen molar-refractivity contribution in [1.82, 2.24) is 4.98 Å². The van der Waals surface area contributed by atoms with Crippen LogP contribution in [0.2, 0.25) is 0 Å². The summed E-state index contributed by atoms with van der Waals surface area (Å²) in [6, 6.07) is 4.87. The van der Waals surface area contributed by atoms with Gasteiger partial charge in [-0.05, 0) is 41.8 Å². The lowest BCUT2D eigenvalue weighted by Gasteiger charge is -2.15. The first-order valence-electron chi connectivity index (χ1n) is 6.40. The maximum atomic E-state index is 11.4. The summed E-state index contributed by atoms with van der Waals surface area (Å²) >= 11 is 0. The highest BCUT2D eigenvalue weighted by atomic mass is 16.4. The number of aromatic nitrogens is 1. The van der Waals surface area contributed by atoms with Crippen LogP contribution in [0, 0.1) is 6.92 Å². The van der Waals surface area contributed by atoms with Gasteiger partial charge in [0.25, 0.3) is 0 Å². The predicted octanol–water partition coefficient (Wildman–Crippen LogP) is 1.60. The largest absolute Gasteiger partial charge is 0.478 e. The van der Waals surface area contributed by atoms with Crippen LogP contribution in [0.3, 0.4) is 0 Å². The summed E-state index contributed by atoms with van der Waals surface area (Å²) in [5, 5.41) is 9.32. The summed E-state index contributed by atoms with van der Waals surface area (Å²) in [7, 11) is 0. The molecule has 2 aromatic rings. The fraction of sp³-hybridized carbons (Fsp3) is 0.0667. The van der Waals surface area contributed by atoms with Crippen molar-refractivity contribution in [2.45, 2.75) is 6.92 Å². The minimum Gasteiger partial charge on any atom is -0.478 e. The molecule has 0 amide bonds. The molecule has 0 aliphatic rings. The van der Waals surface area contributed by atoms with E-state index in [2.05, 4.69) is 17.0 Å². The van der Waals surface area contributed by atoms with E-state index >= 15 is 0 Å². The minimum absolute atomic E-state index is 0.0549. The molecule has 8 N–H and O–H groups in total. The molecule has 1 aromatic heterocycles. The molecule has 22 heavy (non-hydrogen) atoms. The molecule has 0 atom stereocenters. The summed E-state index contributed by atoms with van der Waals surface area (Å²) in [4.78, 5) is 15.3. The van der Waals surface area contributed by atoms with Gasteiger partial charge in [-0.25, -0.2) is 9.78 Å². The molecule has 0 saturated heterocycles. The van der Waals surface area contributed by atoms with E-state index in [1.165, 1.54) is 12.3 Å². The number of carbonyl (C=O) groups is 1. The van der Waals surface area contributed by atoms with Gasteiger partial charge in [-0.15, -0.1) is 0 Å². The zero-order chi connectivity index (χ0) is 16.4. The van der Waals surface area contributed by atoms with Gasteiger partial charge in [0.2, 0.25) is 0 Å². The third-order valence-electron chi connectivity index (χ3n) is 3.34. The number of nitrogens with zero attached hydrogens (tertiary/aromatic N) is 1. The number of carboxylic acids is 1. The van der Waals surface area contributed by atoms with E-state index < -0.39 is 5.97 Å². The summed E-state index contributed by atoms with van der Waals surface area (Å²) in [6.45, 7) is 5.74. The number of nitrogen functional groups attached to an aromatic ring is 3. The topological polar surface area (TPSA) is 140 Å². The second-order valence-electron chi connectivity index (χ2n) is 4.84. The first kappa shape index (κ1) is 15.3. The van der Waals surface area contributed by atoms with Gasteiger partial charge in [-0.2, -0.15) is 0 Å². The number of aryl methyl sites for hydroxylation is 1. The van der Waals surface area contributed by atoms with Crippen molar-refractivity contribution in [3.63, 3.8) is 0 Å². The molecule has 0 aliphatic carbocycles. The third kappa shape index (κ3) is 2.70. The van der Waals surface area contributed by atoms with Crippen LogP contribution >= 0.6 is 0 Å². The number of benzene rings is 1. The molecule has 0 spiro atoms. The van der Waals surface area contributed by atoms with Crippen molar-refractivity contribution in [3.8, 4) is 0 Å². The number of hydrogen-bond acceptors (Lipinski definition) is 6. The van der Waals surface area contributed by atoms with Crippen LogP contribution in [0.4, 0.5) is 17.2 Å². The van der Waals surface area contributed by atoms with Crippen LogP contribution in [-0.4, -0.2) is 16.1 Å². The molecular formula is C15H17N5O2. The number of hydrogen-bond donors (Lipinski definition) is 5. The van der Waals surface area contributed by atoms with E-state index in [0.29, 0.717) is 39.5 Å². The number of hydrazine groups is 1. The van der Waals surface area contributed by atoms with Crippen LogP contribution in [0.1, 0.15) is 27.0 Å². The van der Waals surface area contributed by atoms with Crippen LogP contribution in [-0.2, 0) is 0 Å². The van der Waals surface area contributed by atoms with Crippen LogP contribution < -0.4 is 22.7 Å². The van der Waals surface area contributed by atoms with Crippen LogP contribution in [0.5, 0.6) is 0 Å². The zero-order valence-electron chi connectivity index (χ0n) is 12.1. The Bertz CT molecular complexity index is 771. The molecule has 2 rings (SSSR count). The molecule has 0 saturated carbocycles. The van der Waals surface area contributed by atoms with Crippen molar-refractivity contribution < 1.29 is 9.90 Å². The Hall–Kier alpha value is -3.06. The fourth-order valence-corrected chi connectivity index (χ4v) is 2.22. The molecule has 1 heterocycles. The van der Waals surface area contributed by atoms with E-state index in [-0.39, 0.29) is 5.56 Å². The van der Waals surface area contributed by atoms with Crippen molar-refractivity contribution in [2.24, 2.45) is 5.84 Å². The second kappa shape index (κ2) is 5.74. The number of carboxylic acid groups (broad SMARTS) is 1. The average Bonchev–Trinajstić information content (AvgIpc) is 2.48. The average molecular weight is 299 g/mol. The van der Waals surface area contributed by atoms with Crippen LogP contribution in [0.25, 0.3) is 5.57 Å². The summed E-state index contributed by atoms with van der Waals surface area (Å²) < 4.78 is 0. The third-order valence-corrected chi connectivity index (χ3v) is 3.34. The Morgan fingerprint density at radius 3 is 2.55 bits per heavy atom. The Labute approximate surface area is 127 Å². The molecule has 0 bridgehead atoms. The lowest BCUT2D eigenvalue weighted by atomic mass is 9.94. The number of nitrogens with two attached hydrogens (primary N) is 3. The molecule has 7 heteroatoms. The predicted molar refractivity (Wildman–Crippen MR) is 87.1 cm³/mol. The van der Waals surface area contributed by atoms with Gasteiger partial charge >= 0.3 is 5.97 Å². The van der Waals surface area contributed by atoms with Crippen molar-refractivity contribution in [3.05, 3.63) is 53.2 Å². The Morgan fingerprint density at radius 1 is 1.27 bits per heavy atom. The number of anilines is 3. The van der Waals surface area contributed by atoms with Gasteiger partial charge in [0.1, 0.15) is 5.82 Å². The van der Waals surface area contributed by atoms with E-state index in [1.807, 2.05) is 0 Å². The maximum absolute atomic E-state index is 11.4. The summed E-state index contributed by atoms with van der Waals surface area (Å²) in [6.07, 6.45) is 1.44. The smallest absolute Gasteiger partial charge is 0.337 e. The maximum Gasteiger partial charge on any atom is 0.337 e. The highest BCUT2D eigenvalue weighted by Crippen LogP contribution is 2.31. The molecule has 0 unspecified atom stereocenters. The van der Waals surface area contributed by atoms with Gasteiger partial charge < -0.3 is 22.0 Å². The summed E-state index contributed by atoms with van der Waals surface area (Å²) in [5.74, 6) is 4.61. The van der Waals surface area contributed by atoms with E-state index in [0.717, 1.165) is 0 Å². The first-order valence-corrected chi connectivity index (χ1v) is 6.40. The Morgan fingerprint density at radius 2 is 1.95 bits per heavy atom. The molecule has 0 fully saturated rings. The van der Waals surface area contributed by atoms with Crippen LogP contribution in [0.15, 0.2) is 31.0 Å². The second-order valence-corrected chi connectivity index (χ2v) is 4.84. The SMILES string of the molecule is C=C(c1cc(C)c(NN)c(C(=O)O)c1)c1cc(N)ncc1N. The van der Waals surface area contributed by atoms with Gasteiger partial charge in [0.15, 0.2) is 0 Å². The fourth-order valence-electron chi connectivity index (χ4n) is 2.22. The molecule has 114 valence electrons. The van der Waals surface area contributed by atoms with E-state index in [9.17, 15) is 9.90 Å². The lowest BCUT2D eigenvalue weighted by molar-refractivity contribution is 0.0698. The molecule has 0 radical (unpaired) electrons.